The standard InChI is InChI=1S/C12H16N4/c1-12(2,13)7-10-5-3-4-6-11(10)16-9-14-8-15-16/h3-6,8-9H,7,13H2,1-2H3. The van der Waals surface area contributed by atoms with Crippen molar-refractivity contribution in [1.82, 2.24) is 14.8 Å². The Balaban J connectivity index is 2.39. The maximum Gasteiger partial charge on any atom is 0.138 e. The van der Waals surface area contributed by atoms with Crippen molar-refractivity contribution < 1.29 is 0 Å². The average molecular weight is 216 g/mol. The third kappa shape index (κ3) is 2.46. The predicted molar refractivity (Wildman–Crippen MR) is 63.3 cm³/mol. The Morgan fingerprint density at radius 1 is 1.31 bits per heavy atom. The van der Waals surface area contributed by atoms with E-state index in [0.717, 1.165) is 12.1 Å². The van der Waals surface area contributed by atoms with Gasteiger partial charge in [0.15, 0.2) is 0 Å². The van der Waals surface area contributed by atoms with E-state index in [0.29, 0.717) is 0 Å². The van der Waals surface area contributed by atoms with E-state index in [9.17, 15) is 0 Å². The summed E-state index contributed by atoms with van der Waals surface area (Å²) in [5.41, 5.74) is 8.04. The summed E-state index contributed by atoms with van der Waals surface area (Å²) < 4.78 is 1.76. The van der Waals surface area contributed by atoms with Crippen molar-refractivity contribution >= 4 is 0 Å². The van der Waals surface area contributed by atoms with Crippen LogP contribution in [-0.2, 0) is 6.42 Å². The fourth-order valence-electron chi connectivity index (χ4n) is 1.71. The van der Waals surface area contributed by atoms with Gasteiger partial charge >= 0.3 is 0 Å². The zero-order chi connectivity index (χ0) is 11.6. The highest BCUT2D eigenvalue weighted by Crippen LogP contribution is 2.17. The first-order chi connectivity index (χ1) is 7.56. The number of hydrogen-bond acceptors (Lipinski definition) is 3. The zero-order valence-corrected chi connectivity index (χ0v) is 9.59. The Hall–Kier alpha value is -1.68. The summed E-state index contributed by atoms with van der Waals surface area (Å²) in [5.74, 6) is 0. The number of benzene rings is 1. The lowest BCUT2D eigenvalue weighted by molar-refractivity contribution is 0.515. The normalized spacial score (nSPS) is 11.7. The minimum Gasteiger partial charge on any atom is -0.325 e. The lowest BCUT2D eigenvalue weighted by Crippen LogP contribution is -2.34. The van der Waals surface area contributed by atoms with Gasteiger partial charge in [0.25, 0.3) is 0 Å². The number of nitrogens with two attached hydrogens (primary N) is 1. The number of hydrogen-bond donors (Lipinski definition) is 1. The van der Waals surface area contributed by atoms with Crippen molar-refractivity contribution in [2.24, 2.45) is 5.73 Å². The molecule has 0 atom stereocenters. The van der Waals surface area contributed by atoms with Crippen LogP contribution in [0.4, 0.5) is 0 Å². The van der Waals surface area contributed by atoms with Crippen LogP contribution in [0.5, 0.6) is 0 Å². The summed E-state index contributed by atoms with van der Waals surface area (Å²) in [6.45, 7) is 4.04. The van der Waals surface area contributed by atoms with E-state index in [2.05, 4.69) is 16.1 Å². The van der Waals surface area contributed by atoms with Gasteiger partial charge in [0.05, 0.1) is 5.69 Å². The van der Waals surface area contributed by atoms with Gasteiger partial charge in [-0.1, -0.05) is 18.2 Å². The molecule has 2 N–H and O–H groups in total. The number of nitrogens with zero attached hydrogens (tertiary/aromatic N) is 3. The number of rotatable bonds is 3. The van der Waals surface area contributed by atoms with E-state index in [-0.39, 0.29) is 5.54 Å². The molecule has 0 fully saturated rings. The minimum atomic E-state index is -0.226. The molecular weight excluding hydrogens is 200 g/mol. The lowest BCUT2D eigenvalue weighted by Gasteiger charge is -2.20. The van der Waals surface area contributed by atoms with E-state index in [1.54, 1.807) is 11.0 Å². The lowest BCUT2D eigenvalue weighted by atomic mass is 9.95. The van der Waals surface area contributed by atoms with E-state index in [1.807, 2.05) is 32.0 Å². The molecule has 4 heteroatoms. The van der Waals surface area contributed by atoms with Crippen molar-refractivity contribution in [3.63, 3.8) is 0 Å². The Labute approximate surface area is 95.1 Å². The maximum absolute atomic E-state index is 6.04. The highest BCUT2D eigenvalue weighted by Gasteiger charge is 2.14. The molecule has 0 unspecified atom stereocenters. The molecule has 0 spiro atoms. The summed E-state index contributed by atoms with van der Waals surface area (Å²) >= 11 is 0. The van der Waals surface area contributed by atoms with Crippen LogP contribution in [0.25, 0.3) is 5.69 Å². The van der Waals surface area contributed by atoms with Gasteiger partial charge in [0.2, 0.25) is 0 Å². The van der Waals surface area contributed by atoms with Gasteiger partial charge in [0.1, 0.15) is 12.7 Å². The van der Waals surface area contributed by atoms with Gasteiger partial charge in [-0.25, -0.2) is 9.67 Å². The first-order valence-corrected chi connectivity index (χ1v) is 5.28. The molecule has 1 heterocycles. The van der Waals surface area contributed by atoms with Gasteiger partial charge in [-0.2, -0.15) is 5.10 Å². The van der Waals surface area contributed by atoms with Crippen molar-refractivity contribution in [3.8, 4) is 5.69 Å². The van der Waals surface area contributed by atoms with E-state index in [4.69, 9.17) is 5.73 Å². The minimum absolute atomic E-state index is 0.226. The smallest absolute Gasteiger partial charge is 0.138 e. The second kappa shape index (κ2) is 4.06. The summed E-state index contributed by atoms with van der Waals surface area (Å²) in [5, 5.41) is 4.14. The fraction of sp³-hybridized carbons (Fsp3) is 0.333. The molecule has 16 heavy (non-hydrogen) atoms. The molecule has 0 bridgehead atoms. The van der Waals surface area contributed by atoms with Gasteiger partial charge in [0, 0.05) is 5.54 Å². The molecule has 0 aliphatic heterocycles. The molecule has 1 aromatic carbocycles. The molecule has 84 valence electrons. The molecule has 0 aliphatic carbocycles. The van der Waals surface area contributed by atoms with Crippen LogP contribution < -0.4 is 5.73 Å². The molecule has 0 amide bonds. The zero-order valence-electron chi connectivity index (χ0n) is 9.59. The van der Waals surface area contributed by atoms with Crippen molar-refractivity contribution in [3.05, 3.63) is 42.5 Å². The van der Waals surface area contributed by atoms with Gasteiger partial charge in [-0.05, 0) is 31.9 Å². The second-order valence-corrected chi connectivity index (χ2v) is 4.63. The van der Waals surface area contributed by atoms with Gasteiger partial charge < -0.3 is 5.73 Å². The Morgan fingerprint density at radius 2 is 2.06 bits per heavy atom. The van der Waals surface area contributed by atoms with Crippen LogP contribution in [0.2, 0.25) is 0 Å². The summed E-state index contributed by atoms with van der Waals surface area (Å²) in [7, 11) is 0. The van der Waals surface area contributed by atoms with Crippen molar-refractivity contribution in [2.75, 3.05) is 0 Å². The first-order valence-electron chi connectivity index (χ1n) is 5.28. The maximum atomic E-state index is 6.04. The third-order valence-electron chi connectivity index (χ3n) is 2.30. The summed E-state index contributed by atoms with van der Waals surface area (Å²) in [6.07, 6.45) is 4.04. The quantitative estimate of drug-likeness (QED) is 0.846. The van der Waals surface area contributed by atoms with Crippen LogP contribution in [-0.4, -0.2) is 20.3 Å². The topological polar surface area (TPSA) is 56.7 Å². The molecule has 1 aromatic heterocycles. The van der Waals surface area contributed by atoms with Crippen molar-refractivity contribution in [2.45, 2.75) is 25.8 Å². The molecule has 4 nitrogen and oxygen atoms in total. The molecule has 2 aromatic rings. The molecular formula is C12H16N4. The molecule has 0 saturated carbocycles. The van der Waals surface area contributed by atoms with E-state index < -0.39 is 0 Å². The largest absolute Gasteiger partial charge is 0.325 e. The average Bonchev–Trinajstić information content (AvgIpc) is 2.69. The highest BCUT2D eigenvalue weighted by atomic mass is 15.3. The summed E-state index contributed by atoms with van der Waals surface area (Å²) in [4.78, 5) is 3.96. The molecule has 0 saturated heterocycles. The molecule has 0 radical (unpaired) electrons. The van der Waals surface area contributed by atoms with Crippen molar-refractivity contribution in [1.29, 1.82) is 0 Å². The Morgan fingerprint density at radius 3 is 2.69 bits per heavy atom. The van der Waals surface area contributed by atoms with Gasteiger partial charge in [-0.3, -0.25) is 0 Å². The van der Waals surface area contributed by atoms with E-state index >= 15 is 0 Å². The molecule has 0 aliphatic rings. The molecule has 2 rings (SSSR count). The highest BCUT2D eigenvalue weighted by molar-refractivity contribution is 5.40. The predicted octanol–water partition coefficient (Wildman–Crippen LogP) is 1.55. The van der Waals surface area contributed by atoms with Crippen LogP contribution in [0, 0.1) is 0 Å². The SMILES string of the molecule is CC(C)(N)Cc1ccccc1-n1cncn1. The third-order valence-corrected chi connectivity index (χ3v) is 2.30. The van der Waals surface area contributed by atoms with Crippen LogP contribution in [0.1, 0.15) is 19.4 Å². The van der Waals surface area contributed by atoms with Crippen LogP contribution in [0.15, 0.2) is 36.9 Å². The van der Waals surface area contributed by atoms with Crippen LogP contribution in [0.3, 0.4) is 0 Å². The summed E-state index contributed by atoms with van der Waals surface area (Å²) in [6, 6.07) is 8.10. The monoisotopic (exact) mass is 216 g/mol. The number of aromatic nitrogens is 3. The van der Waals surface area contributed by atoms with Gasteiger partial charge in [-0.15, -0.1) is 0 Å². The van der Waals surface area contributed by atoms with E-state index in [1.165, 1.54) is 11.9 Å². The van der Waals surface area contributed by atoms with Crippen LogP contribution >= 0.6 is 0 Å². The second-order valence-electron chi connectivity index (χ2n) is 4.63. The fourth-order valence-corrected chi connectivity index (χ4v) is 1.71. The Kier molecular flexibility index (Phi) is 2.75. The Bertz CT molecular complexity index is 454. The first kappa shape index (κ1) is 10.8. The number of para-hydroxylation sites is 1.